The second-order valence-corrected chi connectivity index (χ2v) is 5.82. The highest BCUT2D eigenvalue weighted by Crippen LogP contribution is 2.34. The zero-order chi connectivity index (χ0) is 13.3. The molecule has 102 valence electrons. The summed E-state index contributed by atoms with van der Waals surface area (Å²) in [6.45, 7) is 2.93. The Kier molecular flexibility index (Phi) is 4.05. The van der Waals surface area contributed by atoms with Gasteiger partial charge >= 0.3 is 0 Å². The molecule has 1 saturated carbocycles. The van der Waals surface area contributed by atoms with Crippen LogP contribution in [0.4, 0.5) is 0 Å². The minimum atomic E-state index is -0.0964. The van der Waals surface area contributed by atoms with Gasteiger partial charge in [0.05, 0.1) is 6.04 Å². The standard InChI is InChI=1S/C14H24N2O2/c1-10(14(18)15(2)3)16-9-5-7-12(16)11-6-4-8-13(11)17/h10-12H,4-9H2,1-3H3. The zero-order valence-electron chi connectivity index (χ0n) is 11.7. The highest BCUT2D eigenvalue weighted by Gasteiger charge is 2.41. The van der Waals surface area contributed by atoms with Gasteiger partial charge in [-0.2, -0.15) is 0 Å². The summed E-state index contributed by atoms with van der Waals surface area (Å²) in [5.41, 5.74) is 0. The number of hydrogen-bond donors (Lipinski definition) is 0. The molecule has 0 N–H and O–H groups in total. The maximum atomic E-state index is 12.1. The third-order valence-corrected chi connectivity index (χ3v) is 4.45. The molecule has 0 aromatic heterocycles. The van der Waals surface area contributed by atoms with E-state index >= 15 is 0 Å². The summed E-state index contributed by atoms with van der Waals surface area (Å²) in [4.78, 5) is 27.9. The number of Topliss-reactive ketones (excluding diaryl/α,β-unsaturated/α-hetero) is 1. The Balaban J connectivity index is 2.07. The number of amides is 1. The molecule has 0 aromatic carbocycles. The van der Waals surface area contributed by atoms with E-state index in [1.54, 1.807) is 19.0 Å². The minimum absolute atomic E-state index is 0.0964. The van der Waals surface area contributed by atoms with Gasteiger partial charge in [-0.25, -0.2) is 0 Å². The highest BCUT2D eigenvalue weighted by atomic mass is 16.2. The van der Waals surface area contributed by atoms with Crippen LogP contribution < -0.4 is 0 Å². The second kappa shape index (κ2) is 5.39. The van der Waals surface area contributed by atoms with Gasteiger partial charge in [-0.15, -0.1) is 0 Å². The molecule has 0 aromatic rings. The number of rotatable bonds is 3. The number of likely N-dealkylation sites (tertiary alicyclic amines) is 1. The minimum Gasteiger partial charge on any atom is -0.347 e. The molecular formula is C14H24N2O2. The van der Waals surface area contributed by atoms with Crippen molar-refractivity contribution in [2.45, 2.75) is 51.1 Å². The van der Waals surface area contributed by atoms with Gasteiger partial charge < -0.3 is 4.90 Å². The summed E-state index contributed by atoms with van der Waals surface area (Å²) in [5.74, 6) is 0.744. The van der Waals surface area contributed by atoms with Crippen molar-refractivity contribution in [2.75, 3.05) is 20.6 Å². The zero-order valence-corrected chi connectivity index (χ0v) is 11.7. The van der Waals surface area contributed by atoms with Crippen molar-refractivity contribution in [1.29, 1.82) is 0 Å². The molecule has 4 nitrogen and oxygen atoms in total. The fourth-order valence-corrected chi connectivity index (χ4v) is 3.49. The molecule has 4 heteroatoms. The van der Waals surface area contributed by atoms with Crippen molar-refractivity contribution >= 4 is 11.7 Å². The summed E-state index contributed by atoms with van der Waals surface area (Å²) in [6, 6.07) is 0.208. The maximum Gasteiger partial charge on any atom is 0.239 e. The summed E-state index contributed by atoms with van der Waals surface area (Å²) < 4.78 is 0. The monoisotopic (exact) mass is 252 g/mol. The first-order valence-corrected chi connectivity index (χ1v) is 7.02. The van der Waals surface area contributed by atoms with Crippen LogP contribution in [0, 0.1) is 5.92 Å². The molecule has 1 heterocycles. The predicted molar refractivity (Wildman–Crippen MR) is 70.2 cm³/mol. The molecule has 0 radical (unpaired) electrons. The molecule has 1 amide bonds. The van der Waals surface area contributed by atoms with E-state index in [-0.39, 0.29) is 17.9 Å². The van der Waals surface area contributed by atoms with E-state index in [4.69, 9.17) is 0 Å². The number of ketones is 1. The maximum absolute atomic E-state index is 12.1. The third-order valence-electron chi connectivity index (χ3n) is 4.45. The number of likely N-dealkylation sites (N-methyl/N-ethyl adjacent to an activating group) is 1. The fourth-order valence-electron chi connectivity index (χ4n) is 3.49. The van der Waals surface area contributed by atoms with Crippen LogP contribution >= 0.6 is 0 Å². The summed E-state index contributed by atoms with van der Waals surface area (Å²) >= 11 is 0. The predicted octanol–water partition coefficient (Wildman–Crippen LogP) is 1.30. The Morgan fingerprint density at radius 2 is 2.06 bits per heavy atom. The fraction of sp³-hybridized carbons (Fsp3) is 0.857. The van der Waals surface area contributed by atoms with E-state index in [2.05, 4.69) is 4.90 Å². The van der Waals surface area contributed by atoms with Crippen molar-refractivity contribution in [3.05, 3.63) is 0 Å². The topological polar surface area (TPSA) is 40.6 Å². The van der Waals surface area contributed by atoms with Crippen LogP contribution in [0.15, 0.2) is 0 Å². The second-order valence-electron chi connectivity index (χ2n) is 5.82. The average molecular weight is 252 g/mol. The lowest BCUT2D eigenvalue weighted by Crippen LogP contribution is -2.49. The molecule has 18 heavy (non-hydrogen) atoms. The first-order chi connectivity index (χ1) is 8.52. The lowest BCUT2D eigenvalue weighted by Gasteiger charge is -2.34. The molecule has 1 aliphatic carbocycles. The highest BCUT2D eigenvalue weighted by molar-refractivity contribution is 5.84. The van der Waals surface area contributed by atoms with Crippen molar-refractivity contribution in [3.63, 3.8) is 0 Å². The van der Waals surface area contributed by atoms with Crippen molar-refractivity contribution < 1.29 is 9.59 Å². The number of hydrogen-bond acceptors (Lipinski definition) is 3. The van der Waals surface area contributed by atoms with Crippen LogP contribution in [0.2, 0.25) is 0 Å². The first-order valence-electron chi connectivity index (χ1n) is 7.02. The Hall–Kier alpha value is -0.900. The van der Waals surface area contributed by atoms with Gasteiger partial charge in [-0.05, 0) is 39.2 Å². The Labute approximate surface area is 109 Å². The van der Waals surface area contributed by atoms with Gasteiger partial charge in [0.25, 0.3) is 0 Å². The summed E-state index contributed by atoms with van der Waals surface area (Å²) in [7, 11) is 3.59. The van der Waals surface area contributed by atoms with Crippen LogP contribution in [-0.4, -0.2) is 54.2 Å². The van der Waals surface area contributed by atoms with E-state index in [0.29, 0.717) is 11.8 Å². The van der Waals surface area contributed by atoms with Crippen LogP contribution in [0.25, 0.3) is 0 Å². The van der Waals surface area contributed by atoms with E-state index in [1.165, 1.54) is 0 Å². The largest absolute Gasteiger partial charge is 0.347 e. The first kappa shape index (κ1) is 13.5. The van der Waals surface area contributed by atoms with Crippen LogP contribution in [0.5, 0.6) is 0 Å². The molecule has 1 saturated heterocycles. The van der Waals surface area contributed by atoms with E-state index in [0.717, 1.165) is 38.6 Å². The average Bonchev–Trinajstić information content (AvgIpc) is 2.94. The van der Waals surface area contributed by atoms with Gasteiger partial charge in [0.1, 0.15) is 5.78 Å². The molecule has 2 fully saturated rings. The molecule has 3 unspecified atom stereocenters. The van der Waals surface area contributed by atoms with Crippen LogP contribution in [0.3, 0.4) is 0 Å². The molecule has 1 aliphatic heterocycles. The van der Waals surface area contributed by atoms with E-state index in [1.807, 2.05) is 6.92 Å². The van der Waals surface area contributed by atoms with Crippen molar-refractivity contribution in [1.82, 2.24) is 9.80 Å². The van der Waals surface area contributed by atoms with Crippen LogP contribution in [-0.2, 0) is 9.59 Å². The molecule has 0 spiro atoms. The summed E-state index contributed by atoms with van der Waals surface area (Å²) in [6.07, 6.45) is 4.97. The normalized spacial score (nSPS) is 30.7. The molecule has 2 aliphatic rings. The van der Waals surface area contributed by atoms with Gasteiger partial charge in [0.15, 0.2) is 0 Å². The number of nitrogens with zero attached hydrogens (tertiary/aromatic N) is 2. The Morgan fingerprint density at radius 1 is 1.33 bits per heavy atom. The van der Waals surface area contributed by atoms with Gasteiger partial charge in [-0.1, -0.05) is 0 Å². The number of carbonyl (C=O) groups excluding carboxylic acids is 2. The van der Waals surface area contributed by atoms with E-state index < -0.39 is 0 Å². The van der Waals surface area contributed by atoms with Crippen LogP contribution in [0.1, 0.15) is 39.0 Å². The van der Waals surface area contributed by atoms with Gasteiger partial charge in [0, 0.05) is 32.5 Å². The van der Waals surface area contributed by atoms with Gasteiger partial charge in [0.2, 0.25) is 5.91 Å². The summed E-state index contributed by atoms with van der Waals surface area (Å²) in [5, 5.41) is 0. The SMILES string of the molecule is CC(C(=O)N(C)C)N1CCCC1C1CCCC1=O. The molecule has 3 atom stereocenters. The lowest BCUT2D eigenvalue weighted by atomic mass is 9.94. The Bertz CT molecular complexity index is 341. The number of carbonyl (C=O) groups is 2. The van der Waals surface area contributed by atoms with E-state index in [9.17, 15) is 9.59 Å². The smallest absolute Gasteiger partial charge is 0.239 e. The van der Waals surface area contributed by atoms with Crippen molar-refractivity contribution in [3.8, 4) is 0 Å². The third kappa shape index (κ3) is 2.44. The molecule has 0 bridgehead atoms. The Morgan fingerprint density at radius 3 is 2.61 bits per heavy atom. The lowest BCUT2D eigenvalue weighted by molar-refractivity contribution is -0.135. The molecular weight excluding hydrogens is 228 g/mol. The quantitative estimate of drug-likeness (QED) is 0.760. The van der Waals surface area contributed by atoms with Gasteiger partial charge in [-0.3, -0.25) is 14.5 Å². The molecule has 2 rings (SSSR count). The van der Waals surface area contributed by atoms with Crippen molar-refractivity contribution in [2.24, 2.45) is 5.92 Å².